The molecule has 2 aromatic heterocycles. The quantitative estimate of drug-likeness (QED) is 0.414. The van der Waals surface area contributed by atoms with Crippen LogP contribution in [0, 0.1) is 5.82 Å². The predicted molar refractivity (Wildman–Crippen MR) is 129 cm³/mol. The first-order valence-corrected chi connectivity index (χ1v) is 11.8. The SMILES string of the molecule is C[C@@H](NC1CCN(CCCc2c[nH]c3ccc(-n4cnnc4)cc23)CC1)c1ccc(F)cc1. The Hall–Kier alpha value is -3.03. The lowest BCUT2D eigenvalue weighted by Gasteiger charge is -2.34. The molecule has 0 radical (unpaired) electrons. The second-order valence-corrected chi connectivity index (χ2v) is 9.07. The highest BCUT2D eigenvalue weighted by Crippen LogP contribution is 2.23. The summed E-state index contributed by atoms with van der Waals surface area (Å²) in [7, 11) is 0. The molecular weight excluding hydrogens is 415 g/mol. The number of benzene rings is 2. The third-order valence-electron chi connectivity index (χ3n) is 6.83. The van der Waals surface area contributed by atoms with Gasteiger partial charge in [0.2, 0.25) is 0 Å². The Bertz CT molecular complexity index is 1160. The minimum atomic E-state index is -0.178. The summed E-state index contributed by atoms with van der Waals surface area (Å²) >= 11 is 0. The van der Waals surface area contributed by atoms with Crippen LogP contribution in [0.15, 0.2) is 61.3 Å². The van der Waals surface area contributed by atoms with E-state index in [1.54, 1.807) is 24.8 Å². The number of H-pyrrole nitrogens is 1. The highest BCUT2D eigenvalue weighted by Gasteiger charge is 2.20. The van der Waals surface area contributed by atoms with Gasteiger partial charge in [-0.3, -0.25) is 4.57 Å². The van der Waals surface area contributed by atoms with E-state index < -0.39 is 0 Å². The normalized spacial score (nSPS) is 16.4. The molecule has 2 aromatic carbocycles. The average molecular weight is 447 g/mol. The zero-order valence-corrected chi connectivity index (χ0v) is 19.0. The molecule has 1 aliphatic heterocycles. The van der Waals surface area contributed by atoms with E-state index in [9.17, 15) is 4.39 Å². The van der Waals surface area contributed by atoms with Crippen molar-refractivity contribution in [1.82, 2.24) is 30.0 Å². The molecule has 1 aliphatic rings. The Morgan fingerprint density at radius 1 is 1.09 bits per heavy atom. The van der Waals surface area contributed by atoms with E-state index in [0.717, 1.165) is 56.6 Å². The van der Waals surface area contributed by atoms with E-state index in [1.807, 2.05) is 16.7 Å². The molecule has 1 saturated heterocycles. The third kappa shape index (κ3) is 5.15. The molecule has 1 atom stereocenters. The number of hydrogen-bond donors (Lipinski definition) is 2. The lowest BCUT2D eigenvalue weighted by molar-refractivity contribution is 0.190. The summed E-state index contributed by atoms with van der Waals surface area (Å²) in [6.07, 6.45) is 10.1. The van der Waals surface area contributed by atoms with Crippen LogP contribution >= 0.6 is 0 Å². The fourth-order valence-corrected chi connectivity index (χ4v) is 4.89. The number of aromatic nitrogens is 4. The van der Waals surface area contributed by atoms with Crippen molar-refractivity contribution in [2.24, 2.45) is 0 Å². The third-order valence-corrected chi connectivity index (χ3v) is 6.83. The van der Waals surface area contributed by atoms with Crippen molar-refractivity contribution in [3.05, 3.63) is 78.3 Å². The molecule has 33 heavy (non-hydrogen) atoms. The van der Waals surface area contributed by atoms with Crippen molar-refractivity contribution >= 4 is 10.9 Å². The number of fused-ring (bicyclic) bond motifs is 1. The van der Waals surface area contributed by atoms with Crippen LogP contribution in [-0.2, 0) is 6.42 Å². The van der Waals surface area contributed by atoms with Gasteiger partial charge < -0.3 is 15.2 Å². The molecule has 6 nitrogen and oxygen atoms in total. The number of aryl methyl sites for hydroxylation is 1. The van der Waals surface area contributed by atoms with E-state index in [0.29, 0.717) is 6.04 Å². The van der Waals surface area contributed by atoms with E-state index in [1.165, 1.54) is 16.5 Å². The van der Waals surface area contributed by atoms with Crippen LogP contribution in [-0.4, -0.2) is 50.3 Å². The smallest absolute Gasteiger partial charge is 0.123 e. The molecule has 0 saturated carbocycles. The molecule has 0 spiro atoms. The van der Waals surface area contributed by atoms with Crippen LogP contribution in [0.25, 0.3) is 16.6 Å². The Labute approximate surface area is 193 Å². The van der Waals surface area contributed by atoms with Gasteiger partial charge in [-0.25, -0.2) is 4.39 Å². The molecule has 1 fully saturated rings. The van der Waals surface area contributed by atoms with Gasteiger partial charge in [0, 0.05) is 34.9 Å². The van der Waals surface area contributed by atoms with E-state index in [4.69, 9.17) is 0 Å². The summed E-state index contributed by atoms with van der Waals surface area (Å²) in [5, 5.41) is 12.8. The highest BCUT2D eigenvalue weighted by atomic mass is 19.1. The number of rotatable bonds is 8. The number of hydrogen-bond acceptors (Lipinski definition) is 4. The van der Waals surface area contributed by atoms with Gasteiger partial charge in [0.15, 0.2) is 0 Å². The Balaban J connectivity index is 1.10. The highest BCUT2D eigenvalue weighted by molar-refractivity contribution is 5.85. The summed E-state index contributed by atoms with van der Waals surface area (Å²) in [4.78, 5) is 5.99. The molecule has 5 rings (SSSR count). The number of nitrogens with one attached hydrogen (secondary N) is 2. The van der Waals surface area contributed by atoms with Gasteiger partial charge in [-0.2, -0.15) is 0 Å². The maximum atomic E-state index is 13.2. The number of piperidine rings is 1. The summed E-state index contributed by atoms with van der Waals surface area (Å²) in [6.45, 7) is 5.53. The Morgan fingerprint density at radius 3 is 2.61 bits per heavy atom. The molecule has 4 aromatic rings. The fourth-order valence-electron chi connectivity index (χ4n) is 4.89. The molecule has 2 N–H and O–H groups in total. The van der Waals surface area contributed by atoms with Crippen LogP contribution in [0.1, 0.15) is 43.4 Å². The van der Waals surface area contributed by atoms with Crippen LogP contribution in [0.4, 0.5) is 4.39 Å². The van der Waals surface area contributed by atoms with Gasteiger partial charge in [-0.1, -0.05) is 12.1 Å². The maximum Gasteiger partial charge on any atom is 0.123 e. The number of nitrogens with zero attached hydrogens (tertiary/aromatic N) is 4. The summed E-state index contributed by atoms with van der Waals surface area (Å²) in [5.74, 6) is -0.178. The molecule has 172 valence electrons. The summed E-state index contributed by atoms with van der Waals surface area (Å²) in [5.41, 5.74) is 4.76. The maximum absolute atomic E-state index is 13.2. The zero-order valence-electron chi connectivity index (χ0n) is 19.0. The van der Waals surface area contributed by atoms with Gasteiger partial charge in [-0.15, -0.1) is 10.2 Å². The number of likely N-dealkylation sites (tertiary alicyclic amines) is 1. The van der Waals surface area contributed by atoms with Crippen molar-refractivity contribution < 1.29 is 4.39 Å². The molecule has 7 heteroatoms. The van der Waals surface area contributed by atoms with Gasteiger partial charge in [0.25, 0.3) is 0 Å². The first-order valence-electron chi connectivity index (χ1n) is 11.8. The first kappa shape index (κ1) is 21.8. The molecule has 0 unspecified atom stereocenters. The second kappa shape index (κ2) is 9.85. The molecule has 0 aliphatic carbocycles. The minimum absolute atomic E-state index is 0.178. The van der Waals surface area contributed by atoms with Gasteiger partial charge in [0.05, 0.1) is 0 Å². The van der Waals surface area contributed by atoms with E-state index in [-0.39, 0.29) is 11.9 Å². The zero-order chi connectivity index (χ0) is 22.6. The van der Waals surface area contributed by atoms with Gasteiger partial charge in [-0.05, 0) is 93.7 Å². The predicted octanol–water partition coefficient (Wildman–Crippen LogP) is 4.64. The second-order valence-electron chi connectivity index (χ2n) is 9.07. The number of halogens is 1. The lowest BCUT2D eigenvalue weighted by atomic mass is 10.0. The van der Waals surface area contributed by atoms with E-state index >= 15 is 0 Å². The van der Waals surface area contributed by atoms with Gasteiger partial charge >= 0.3 is 0 Å². The Kier molecular flexibility index (Phi) is 6.51. The molecule has 3 heterocycles. The molecular formula is C26H31FN6. The van der Waals surface area contributed by atoms with Crippen molar-refractivity contribution in [1.29, 1.82) is 0 Å². The monoisotopic (exact) mass is 446 g/mol. The summed E-state index contributed by atoms with van der Waals surface area (Å²) in [6, 6.07) is 14.0. The van der Waals surface area contributed by atoms with Crippen molar-refractivity contribution in [3.63, 3.8) is 0 Å². The standard InChI is InChI=1S/C26H31FN6/c1-19(20-4-6-22(27)7-5-20)31-23-10-13-32(14-11-23)12-2-3-21-16-28-26-9-8-24(15-25(21)26)33-17-29-30-18-33/h4-9,15-19,23,28,31H,2-3,10-14H2,1H3/t19-/m1/s1. The topological polar surface area (TPSA) is 61.8 Å². The largest absolute Gasteiger partial charge is 0.361 e. The van der Waals surface area contributed by atoms with Crippen molar-refractivity contribution in [2.45, 2.75) is 44.7 Å². The Morgan fingerprint density at radius 2 is 1.85 bits per heavy atom. The molecule has 0 bridgehead atoms. The minimum Gasteiger partial charge on any atom is -0.361 e. The molecule has 0 amide bonds. The van der Waals surface area contributed by atoms with Crippen LogP contribution in [0.3, 0.4) is 0 Å². The van der Waals surface area contributed by atoms with Crippen LogP contribution < -0.4 is 5.32 Å². The van der Waals surface area contributed by atoms with Crippen molar-refractivity contribution in [3.8, 4) is 5.69 Å². The van der Waals surface area contributed by atoms with E-state index in [2.05, 4.69) is 56.7 Å². The first-order chi connectivity index (χ1) is 16.2. The van der Waals surface area contributed by atoms with Crippen molar-refractivity contribution in [2.75, 3.05) is 19.6 Å². The van der Waals surface area contributed by atoms with Crippen LogP contribution in [0.2, 0.25) is 0 Å². The van der Waals surface area contributed by atoms with Crippen LogP contribution in [0.5, 0.6) is 0 Å². The van der Waals surface area contributed by atoms with Gasteiger partial charge in [0.1, 0.15) is 18.5 Å². The number of aromatic amines is 1. The summed E-state index contributed by atoms with van der Waals surface area (Å²) < 4.78 is 15.1. The lowest BCUT2D eigenvalue weighted by Crippen LogP contribution is -2.43. The fraction of sp³-hybridized carbons (Fsp3) is 0.385. The average Bonchev–Trinajstić information content (AvgIpc) is 3.51.